The highest BCUT2D eigenvalue weighted by Gasteiger charge is 2.29. The summed E-state index contributed by atoms with van der Waals surface area (Å²) in [6, 6.07) is 2.57. The fourth-order valence-electron chi connectivity index (χ4n) is 1.99. The molecule has 1 aliphatic carbocycles. The number of nitrogens with two attached hydrogens (primary N) is 1. The maximum atomic E-state index is 5.87. The van der Waals surface area contributed by atoms with E-state index in [0.717, 1.165) is 24.6 Å². The lowest BCUT2D eigenvalue weighted by atomic mass is 10.2. The van der Waals surface area contributed by atoms with Gasteiger partial charge in [0.25, 0.3) is 0 Å². The number of hydrogen-bond acceptors (Lipinski definition) is 4. The van der Waals surface area contributed by atoms with Crippen molar-refractivity contribution in [2.24, 2.45) is 0 Å². The second-order valence-electron chi connectivity index (χ2n) is 5.09. The van der Waals surface area contributed by atoms with E-state index in [9.17, 15) is 0 Å². The summed E-state index contributed by atoms with van der Waals surface area (Å²) in [5, 5.41) is 0. The Balaban J connectivity index is 2.28. The van der Waals surface area contributed by atoms with Gasteiger partial charge in [0.05, 0.1) is 0 Å². The first-order valence-corrected chi connectivity index (χ1v) is 6.53. The van der Waals surface area contributed by atoms with E-state index >= 15 is 0 Å². The van der Waals surface area contributed by atoms with Crippen molar-refractivity contribution in [1.29, 1.82) is 0 Å². The number of rotatable bonds is 5. The minimum absolute atomic E-state index is 0.319. The second-order valence-corrected chi connectivity index (χ2v) is 5.09. The second kappa shape index (κ2) is 4.90. The Hall–Kier alpha value is -1.32. The highest BCUT2D eigenvalue weighted by Crippen LogP contribution is 2.31. The van der Waals surface area contributed by atoms with Gasteiger partial charge in [0.2, 0.25) is 0 Å². The lowest BCUT2D eigenvalue weighted by molar-refractivity contribution is 0.724. The molecule has 1 heterocycles. The summed E-state index contributed by atoms with van der Waals surface area (Å²) in [4.78, 5) is 11.3. The van der Waals surface area contributed by atoms with Crippen LogP contribution in [0.1, 0.15) is 51.8 Å². The van der Waals surface area contributed by atoms with Crippen molar-refractivity contribution in [3.63, 3.8) is 0 Å². The Bertz CT molecular complexity index is 385. The number of nitrogens with zero attached hydrogens (tertiary/aromatic N) is 3. The molecule has 0 amide bonds. The third-order valence-electron chi connectivity index (χ3n) is 3.01. The number of anilines is 2. The van der Waals surface area contributed by atoms with Crippen LogP contribution in [0, 0.1) is 0 Å². The molecule has 1 aromatic heterocycles. The third-order valence-corrected chi connectivity index (χ3v) is 3.01. The van der Waals surface area contributed by atoms with E-state index in [1.807, 2.05) is 6.07 Å². The van der Waals surface area contributed by atoms with Crippen LogP contribution >= 0.6 is 0 Å². The minimum atomic E-state index is 0.319. The van der Waals surface area contributed by atoms with Gasteiger partial charge in [0.15, 0.2) is 0 Å². The Labute approximate surface area is 103 Å². The molecule has 1 aromatic rings. The van der Waals surface area contributed by atoms with Crippen LogP contribution in [0.15, 0.2) is 6.07 Å². The summed E-state index contributed by atoms with van der Waals surface area (Å²) in [6.07, 6.45) is 3.69. The Kier molecular flexibility index (Phi) is 3.50. The van der Waals surface area contributed by atoms with Crippen LogP contribution in [0.5, 0.6) is 0 Å². The minimum Gasteiger partial charge on any atom is -0.384 e. The zero-order chi connectivity index (χ0) is 12.4. The molecule has 1 saturated carbocycles. The van der Waals surface area contributed by atoms with E-state index in [0.29, 0.717) is 17.8 Å². The summed E-state index contributed by atoms with van der Waals surface area (Å²) < 4.78 is 0. The first-order valence-electron chi connectivity index (χ1n) is 6.53. The monoisotopic (exact) mass is 234 g/mol. The Morgan fingerprint density at radius 3 is 2.65 bits per heavy atom. The summed E-state index contributed by atoms with van der Waals surface area (Å²) in [6.45, 7) is 7.45. The molecular weight excluding hydrogens is 212 g/mol. The summed E-state index contributed by atoms with van der Waals surface area (Å²) in [7, 11) is 0. The van der Waals surface area contributed by atoms with Gasteiger partial charge in [-0.1, -0.05) is 20.8 Å². The van der Waals surface area contributed by atoms with Gasteiger partial charge < -0.3 is 10.6 Å². The van der Waals surface area contributed by atoms with E-state index in [1.165, 1.54) is 12.8 Å². The van der Waals surface area contributed by atoms with Crippen LogP contribution in [-0.4, -0.2) is 22.6 Å². The van der Waals surface area contributed by atoms with Crippen LogP contribution in [0.4, 0.5) is 11.6 Å². The van der Waals surface area contributed by atoms with Gasteiger partial charge in [-0.3, -0.25) is 0 Å². The first-order chi connectivity index (χ1) is 8.11. The fraction of sp³-hybridized carbons (Fsp3) is 0.692. The summed E-state index contributed by atoms with van der Waals surface area (Å²) in [5.41, 5.74) is 5.87. The van der Waals surface area contributed by atoms with Crippen molar-refractivity contribution >= 4 is 11.6 Å². The smallest absolute Gasteiger partial charge is 0.135 e. The predicted octanol–water partition coefficient (Wildman–Crippen LogP) is 2.56. The van der Waals surface area contributed by atoms with Crippen molar-refractivity contribution in [3.05, 3.63) is 11.9 Å². The number of nitrogen functional groups attached to an aromatic ring is 1. The zero-order valence-corrected chi connectivity index (χ0v) is 11.0. The van der Waals surface area contributed by atoms with Crippen molar-refractivity contribution in [2.75, 3.05) is 17.2 Å². The molecule has 0 aromatic carbocycles. The maximum Gasteiger partial charge on any atom is 0.135 e. The lowest BCUT2D eigenvalue weighted by Crippen LogP contribution is -2.28. The number of aromatic nitrogens is 2. The van der Waals surface area contributed by atoms with E-state index < -0.39 is 0 Å². The van der Waals surface area contributed by atoms with E-state index in [4.69, 9.17) is 5.73 Å². The van der Waals surface area contributed by atoms with E-state index in [2.05, 4.69) is 35.6 Å². The molecule has 0 spiro atoms. The largest absolute Gasteiger partial charge is 0.384 e. The van der Waals surface area contributed by atoms with Crippen molar-refractivity contribution in [1.82, 2.24) is 9.97 Å². The highest BCUT2D eigenvalue weighted by molar-refractivity contribution is 5.49. The molecule has 0 radical (unpaired) electrons. The molecule has 1 fully saturated rings. The number of hydrogen-bond donors (Lipinski definition) is 1. The van der Waals surface area contributed by atoms with Crippen LogP contribution < -0.4 is 10.6 Å². The average molecular weight is 234 g/mol. The van der Waals surface area contributed by atoms with Crippen LogP contribution in [-0.2, 0) is 0 Å². The maximum absolute atomic E-state index is 5.87. The first kappa shape index (κ1) is 12.1. The van der Waals surface area contributed by atoms with Crippen LogP contribution in [0.3, 0.4) is 0 Å². The van der Waals surface area contributed by atoms with E-state index in [1.54, 1.807) is 0 Å². The molecule has 17 heavy (non-hydrogen) atoms. The molecule has 0 atom stereocenters. The van der Waals surface area contributed by atoms with Crippen molar-refractivity contribution in [3.8, 4) is 0 Å². The Morgan fingerprint density at radius 2 is 2.12 bits per heavy atom. The molecule has 4 heteroatoms. The van der Waals surface area contributed by atoms with Gasteiger partial charge in [-0.05, 0) is 19.3 Å². The van der Waals surface area contributed by atoms with Crippen LogP contribution in [0.25, 0.3) is 0 Å². The average Bonchev–Trinajstić information content (AvgIpc) is 3.08. The van der Waals surface area contributed by atoms with Crippen molar-refractivity contribution < 1.29 is 0 Å². The van der Waals surface area contributed by atoms with Crippen molar-refractivity contribution in [2.45, 2.75) is 52.0 Å². The predicted molar refractivity (Wildman–Crippen MR) is 71.2 cm³/mol. The fourth-order valence-corrected chi connectivity index (χ4v) is 1.99. The van der Waals surface area contributed by atoms with Gasteiger partial charge in [-0.15, -0.1) is 0 Å². The zero-order valence-electron chi connectivity index (χ0n) is 11.0. The standard InChI is InChI=1S/C13H22N4/c1-4-7-17(10-5-6-10)12-8-11(14)15-13(16-12)9(2)3/h8-10H,4-7H2,1-3H3,(H2,14,15,16). The van der Waals surface area contributed by atoms with E-state index in [-0.39, 0.29) is 0 Å². The van der Waals surface area contributed by atoms with Gasteiger partial charge in [-0.2, -0.15) is 0 Å². The van der Waals surface area contributed by atoms with Crippen LogP contribution in [0.2, 0.25) is 0 Å². The molecule has 0 aliphatic heterocycles. The third kappa shape index (κ3) is 2.87. The Morgan fingerprint density at radius 1 is 1.41 bits per heavy atom. The highest BCUT2D eigenvalue weighted by atomic mass is 15.2. The molecule has 94 valence electrons. The normalized spacial score (nSPS) is 15.3. The molecule has 0 bridgehead atoms. The summed E-state index contributed by atoms with van der Waals surface area (Å²) >= 11 is 0. The molecular formula is C13H22N4. The molecule has 4 nitrogen and oxygen atoms in total. The molecule has 1 aliphatic rings. The van der Waals surface area contributed by atoms with Gasteiger partial charge in [0, 0.05) is 24.6 Å². The molecule has 0 unspecified atom stereocenters. The molecule has 2 rings (SSSR count). The quantitative estimate of drug-likeness (QED) is 0.850. The molecule has 2 N–H and O–H groups in total. The lowest BCUT2D eigenvalue weighted by Gasteiger charge is -2.23. The summed E-state index contributed by atoms with van der Waals surface area (Å²) in [5.74, 6) is 2.76. The van der Waals surface area contributed by atoms with Gasteiger partial charge in [0.1, 0.15) is 17.5 Å². The SMILES string of the molecule is CCCN(c1cc(N)nc(C(C)C)n1)C1CC1. The topological polar surface area (TPSA) is 55.0 Å². The van der Waals surface area contributed by atoms with Gasteiger partial charge >= 0.3 is 0 Å². The van der Waals surface area contributed by atoms with Gasteiger partial charge in [-0.25, -0.2) is 9.97 Å². The molecule has 0 saturated heterocycles.